The Morgan fingerprint density at radius 2 is 1.90 bits per heavy atom. The molecule has 3 aromatic rings. The lowest BCUT2D eigenvalue weighted by atomic mass is 10.1. The number of hydrogen-bond acceptors (Lipinski definition) is 4. The molecule has 0 aliphatic heterocycles. The third kappa shape index (κ3) is 4.57. The summed E-state index contributed by atoms with van der Waals surface area (Å²) >= 11 is 6.83. The average Bonchev–Trinajstić information content (AvgIpc) is 3.17. The Morgan fingerprint density at radius 1 is 1.23 bits per heavy atom. The summed E-state index contributed by atoms with van der Waals surface area (Å²) in [6.07, 6.45) is -11.4. The van der Waals surface area contributed by atoms with Crippen LogP contribution in [-0.2, 0) is 17.8 Å². The van der Waals surface area contributed by atoms with E-state index in [1.807, 2.05) is 0 Å². The van der Waals surface area contributed by atoms with Crippen LogP contribution in [0.15, 0.2) is 24.3 Å². The molecule has 2 aromatic heterocycles. The van der Waals surface area contributed by atoms with E-state index in [1.54, 1.807) is 23.6 Å². The molecule has 2 heterocycles. The molecule has 0 aliphatic carbocycles. The third-order valence-corrected chi connectivity index (χ3v) is 5.81. The molecule has 1 aromatic carbocycles. The lowest BCUT2D eigenvalue weighted by molar-refractivity contribution is -0.359. The monoisotopic (exact) mass is 483 g/mol. The van der Waals surface area contributed by atoms with Crippen LogP contribution in [0, 0.1) is 6.92 Å². The summed E-state index contributed by atoms with van der Waals surface area (Å²) in [5.41, 5.74) is 1.66. The molecule has 5 nitrogen and oxygen atoms in total. The number of aliphatic carboxylic acids is 1. The molecule has 0 saturated heterocycles. The SMILES string of the molecule is COc1cc2c(CC(=O)O)c(C)n(Cc3ccc(OC(F)(F)C(F)(F)F)s3)c2cc1Cl. The molecule has 0 amide bonds. The van der Waals surface area contributed by atoms with Crippen LogP contribution in [-0.4, -0.2) is 35.0 Å². The molecule has 3 rings (SSSR count). The predicted molar refractivity (Wildman–Crippen MR) is 105 cm³/mol. The van der Waals surface area contributed by atoms with Crippen molar-refractivity contribution in [3.63, 3.8) is 0 Å². The average molecular weight is 484 g/mol. The highest BCUT2D eigenvalue weighted by Gasteiger charge is 2.61. The van der Waals surface area contributed by atoms with Crippen LogP contribution in [0.4, 0.5) is 22.0 Å². The van der Waals surface area contributed by atoms with Crippen molar-refractivity contribution in [2.24, 2.45) is 0 Å². The van der Waals surface area contributed by atoms with Crippen molar-refractivity contribution in [3.05, 3.63) is 45.4 Å². The maximum Gasteiger partial charge on any atom is 0.499 e. The van der Waals surface area contributed by atoms with Gasteiger partial charge in [0.2, 0.25) is 0 Å². The molecular weight excluding hydrogens is 469 g/mol. The van der Waals surface area contributed by atoms with Gasteiger partial charge < -0.3 is 19.1 Å². The fourth-order valence-corrected chi connectivity index (χ4v) is 4.22. The summed E-state index contributed by atoms with van der Waals surface area (Å²) in [5.74, 6) is -0.712. The number of nitrogens with zero attached hydrogens (tertiary/aromatic N) is 1. The molecule has 31 heavy (non-hydrogen) atoms. The highest BCUT2D eigenvalue weighted by Crippen LogP contribution is 2.40. The van der Waals surface area contributed by atoms with Crippen LogP contribution in [0.2, 0.25) is 5.02 Å². The van der Waals surface area contributed by atoms with Gasteiger partial charge in [0, 0.05) is 16.0 Å². The lowest BCUT2D eigenvalue weighted by Gasteiger charge is -2.18. The Morgan fingerprint density at radius 3 is 2.48 bits per heavy atom. The highest BCUT2D eigenvalue weighted by molar-refractivity contribution is 7.13. The maximum absolute atomic E-state index is 13.1. The second-order valence-corrected chi connectivity index (χ2v) is 8.10. The molecule has 0 saturated carbocycles. The molecule has 0 unspecified atom stereocenters. The van der Waals surface area contributed by atoms with E-state index in [0.717, 1.165) is 6.07 Å². The van der Waals surface area contributed by atoms with E-state index in [1.165, 1.54) is 13.2 Å². The Bertz CT molecular complexity index is 1140. The normalized spacial score (nSPS) is 12.4. The number of benzene rings is 1. The van der Waals surface area contributed by atoms with Gasteiger partial charge >= 0.3 is 18.3 Å². The summed E-state index contributed by atoms with van der Waals surface area (Å²) in [6.45, 7) is 1.76. The first-order chi connectivity index (χ1) is 14.3. The first-order valence-electron chi connectivity index (χ1n) is 8.63. The van der Waals surface area contributed by atoms with Crippen molar-refractivity contribution in [1.29, 1.82) is 0 Å². The quantitative estimate of drug-likeness (QED) is 0.426. The molecule has 168 valence electrons. The number of alkyl halides is 5. The van der Waals surface area contributed by atoms with Crippen LogP contribution >= 0.6 is 22.9 Å². The number of aromatic nitrogens is 1. The van der Waals surface area contributed by atoms with Gasteiger partial charge in [0.15, 0.2) is 5.06 Å². The number of ether oxygens (including phenoxy) is 2. The van der Waals surface area contributed by atoms with E-state index in [2.05, 4.69) is 4.74 Å². The summed E-state index contributed by atoms with van der Waals surface area (Å²) < 4.78 is 74.1. The zero-order valence-corrected chi connectivity index (χ0v) is 17.6. The van der Waals surface area contributed by atoms with Gasteiger partial charge in [-0.1, -0.05) is 11.6 Å². The number of rotatable bonds is 7. The van der Waals surface area contributed by atoms with E-state index >= 15 is 0 Å². The molecule has 0 bridgehead atoms. The number of carbonyl (C=O) groups is 1. The molecule has 12 heteroatoms. The number of hydrogen-bond donors (Lipinski definition) is 1. The van der Waals surface area contributed by atoms with E-state index in [0.29, 0.717) is 44.1 Å². The second-order valence-electron chi connectivity index (χ2n) is 6.56. The molecule has 0 fully saturated rings. The molecule has 0 aliphatic rings. The van der Waals surface area contributed by atoms with E-state index in [4.69, 9.17) is 16.3 Å². The van der Waals surface area contributed by atoms with Crippen LogP contribution in [0.5, 0.6) is 10.8 Å². The summed E-state index contributed by atoms with van der Waals surface area (Å²) in [6, 6.07) is 5.57. The van der Waals surface area contributed by atoms with Gasteiger partial charge in [0.25, 0.3) is 0 Å². The smallest absolute Gasteiger partial charge is 0.495 e. The van der Waals surface area contributed by atoms with Gasteiger partial charge in [0.1, 0.15) is 5.75 Å². The summed E-state index contributed by atoms with van der Waals surface area (Å²) in [7, 11) is 1.41. The predicted octanol–water partition coefficient (Wildman–Crippen LogP) is 5.88. The van der Waals surface area contributed by atoms with E-state index < -0.39 is 23.3 Å². The highest BCUT2D eigenvalue weighted by atomic mass is 35.5. The first kappa shape index (κ1) is 23.1. The zero-order chi connectivity index (χ0) is 23.1. The number of halogens is 6. The van der Waals surface area contributed by atoms with Crippen molar-refractivity contribution in [2.45, 2.75) is 32.2 Å². The van der Waals surface area contributed by atoms with Gasteiger partial charge in [-0.2, -0.15) is 22.0 Å². The number of carboxylic acids is 1. The maximum atomic E-state index is 13.1. The van der Waals surface area contributed by atoms with Crippen molar-refractivity contribution in [2.75, 3.05) is 7.11 Å². The van der Waals surface area contributed by atoms with Crippen molar-refractivity contribution >= 4 is 39.8 Å². The van der Waals surface area contributed by atoms with Crippen LogP contribution in [0.1, 0.15) is 16.1 Å². The molecule has 0 atom stereocenters. The fraction of sp³-hybridized carbons (Fsp3) is 0.316. The zero-order valence-electron chi connectivity index (χ0n) is 16.0. The van der Waals surface area contributed by atoms with Crippen molar-refractivity contribution in [3.8, 4) is 10.8 Å². The Hall–Kier alpha value is -2.53. The molecule has 0 spiro atoms. The third-order valence-electron chi connectivity index (χ3n) is 4.57. The number of fused-ring (bicyclic) bond motifs is 1. The largest absolute Gasteiger partial charge is 0.499 e. The second kappa shape index (κ2) is 8.19. The van der Waals surface area contributed by atoms with E-state index in [9.17, 15) is 31.9 Å². The van der Waals surface area contributed by atoms with Gasteiger partial charge in [-0.05, 0) is 36.8 Å². The van der Waals surface area contributed by atoms with Crippen molar-refractivity contribution in [1.82, 2.24) is 4.57 Å². The molecular formula is C19H15ClF5NO4S. The minimum atomic E-state index is -5.84. The van der Waals surface area contributed by atoms with Gasteiger partial charge in [-0.25, -0.2) is 0 Å². The van der Waals surface area contributed by atoms with Crippen LogP contribution < -0.4 is 9.47 Å². The topological polar surface area (TPSA) is 60.7 Å². The van der Waals surface area contributed by atoms with E-state index in [-0.39, 0.29) is 18.0 Å². The Kier molecular flexibility index (Phi) is 6.12. The Labute approximate surface area is 181 Å². The lowest BCUT2D eigenvalue weighted by Crippen LogP contribution is -2.41. The minimum Gasteiger partial charge on any atom is -0.495 e. The Balaban J connectivity index is 2.00. The fourth-order valence-electron chi connectivity index (χ4n) is 3.12. The van der Waals surface area contributed by atoms with Crippen LogP contribution in [0.3, 0.4) is 0 Å². The van der Waals surface area contributed by atoms with Gasteiger partial charge in [-0.15, -0.1) is 11.3 Å². The number of carboxylic acid groups (broad SMARTS) is 1. The summed E-state index contributed by atoms with van der Waals surface area (Å²) in [5, 5.41) is 9.52. The minimum absolute atomic E-state index is 0.0796. The van der Waals surface area contributed by atoms with Crippen molar-refractivity contribution < 1.29 is 41.3 Å². The van der Waals surface area contributed by atoms with Gasteiger partial charge in [-0.3, -0.25) is 4.79 Å². The summed E-state index contributed by atoms with van der Waals surface area (Å²) in [4.78, 5) is 11.7. The number of methoxy groups -OCH3 is 1. The number of thiophene rings is 1. The standard InChI is InChI=1S/C19H15ClF5NO4S/c1-9-11(6-16(27)28)12-5-15(29-2)13(20)7-14(12)26(9)8-10-3-4-17(31-10)30-19(24,25)18(21,22)23/h3-5,7H,6,8H2,1-2H3,(H,27,28). The van der Waals surface area contributed by atoms with Gasteiger partial charge in [0.05, 0.1) is 30.6 Å². The first-order valence-corrected chi connectivity index (χ1v) is 9.82. The molecule has 1 N–H and O–H groups in total. The van der Waals surface area contributed by atoms with Crippen LogP contribution in [0.25, 0.3) is 10.9 Å². The molecule has 0 radical (unpaired) electrons.